The van der Waals surface area contributed by atoms with Gasteiger partial charge in [-0.15, -0.1) is 0 Å². The Morgan fingerprint density at radius 2 is 2.35 bits per heavy atom. The fourth-order valence-corrected chi connectivity index (χ4v) is 2.60. The summed E-state index contributed by atoms with van der Waals surface area (Å²) in [6.07, 6.45) is 3.64. The van der Waals surface area contributed by atoms with Gasteiger partial charge in [-0.2, -0.15) is 5.10 Å². The largest absolute Gasteiger partial charge is 0.384 e. The third-order valence-corrected chi connectivity index (χ3v) is 3.56. The van der Waals surface area contributed by atoms with Crippen molar-refractivity contribution in [2.75, 3.05) is 11.9 Å². The van der Waals surface area contributed by atoms with Crippen molar-refractivity contribution in [2.45, 2.75) is 25.4 Å². The van der Waals surface area contributed by atoms with Gasteiger partial charge in [0, 0.05) is 30.7 Å². The number of amides is 1. The molecule has 0 aliphatic carbocycles. The van der Waals surface area contributed by atoms with Crippen LogP contribution < -0.4 is 10.6 Å². The van der Waals surface area contributed by atoms with E-state index in [9.17, 15) is 4.79 Å². The molecule has 2 unspecified atom stereocenters. The summed E-state index contributed by atoms with van der Waals surface area (Å²) in [6.45, 7) is 3.34. The van der Waals surface area contributed by atoms with Crippen molar-refractivity contribution < 1.29 is 4.79 Å². The van der Waals surface area contributed by atoms with Crippen LogP contribution >= 0.6 is 0 Å². The summed E-state index contributed by atoms with van der Waals surface area (Å²) in [7, 11) is 0. The van der Waals surface area contributed by atoms with Crippen LogP contribution in [0.3, 0.4) is 0 Å². The maximum atomic E-state index is 12.4. The van der Waals surface area contributed by atoms with Crippen molar-refractivity contribution in [1.29, 1.82) is 0 Å². The van der Waals surface area contributed by atoms with Crippen molar-refractivity contribution in [1.82, 2.24) is 15.1 Å². The summed E-state index contributed by atoms with van der Waals surface area (Å²) >= 11 is 0. The molecule has 1 aliphatic rings. The number of carbonyl (C=O) groups excluding carboxylic acids is 1. The minimum atomic E-state index is -0.105. The number of nitrogens with one attached hydrogen (secondary N) is 2. The van der Waals surface area contributed by atoms with E-state index in [0.29, 0.717) is 13.1 Å². The van der Waals surface area contributed by atoms with Gasteiger partial charge in [0.2, 0.25) is 5.91 Å². The summed E-state index contributed by atoms with van der Waals surface area (Å²) in [5, 5.41) is 10.5. The Morgan fingerprint density at radius 1 is 1.50 bits per heavy atom. The number of aromatic nitrogens is 2. The third kappa shape index (κ3) is 2.52. The molecule has 5 nitrogen and oxygen atoms in total. The molecule has 0 spiro atoms. The molecule has 104 valence electrons. The van der Waals surface area contributed by atoms with Crippen molar-refractivity contribution in [3.05, 3.63) is 48.3 Å². The monoisotopic (exact) mass is 270 g/mol. The second-order valence-electron chi connectivity index (χ2n) is 5.16. The lowest BCUT2D eigenvalue weighted by atomic mass is 10.0. The first-order chi connectivity index (χ1) is 9.74. The van der Waals surface area contributed by atoms with Crippen LogP contribution in [0.15, 0.2) is 42.7 Å². The van der Waals surface area contributed by atoms with Crippen LogP contribution in [0.1, 0.15) is 18.4 Å². The molecule has 2 atom stereocenters. The first-order valence-corrected chi connectivity index (χ1v) is 6.84. The van der Waals surface area contributed by atoms with Gasteiger partial charge < -0.3 is 10.6 Å². The number of hydrogen-bond donors (Lipinski definition) is 2. The molecule has 0 radical (unpaired) electrons. The predicted octanol–water partition coefficient (Wildman–Crippen LogP) is 1.60. The lowest BCUT2D eigenvalue weighted by molar-refractivity contribution is -0.122. The Balaban J connectivity index is 1.63. The molecule has 2 aromatic rings. The summed E-state index contributed by atoms with van der Waals surface area (Å²) in [5.41, 5.74) is 2.14. The van der Waals surface area contributed by atoms with Gasteiger partial charge in [-0.25, -0.2) is 0 Å². The summed E-state index contributed by atoms with van der Waals surface area (Å²) in [5.74, 6) is -0.0339. The van der Waals surface area contributed by atoms with Gasteiger partial charge >= 0.3 is 0 Å². The van der Waals surface area contributed by atoms with E-state index in [4.69, 9.17) is 0 Å². The lowest BCUT2D eigenvalue weighted by Gasteiger charge is -2.17. The first-order valence-electron chi connectivity index (χ1n) is 6.84. The van der Waals surface area contributed by atoms with Crippen LogP contribution in [-0.4, -0.2) is 28.3 Å². The van der Waals surface area contributed by atoms with Crippen molar-refractivity contribution >= 4 is 11.6 Å². The van der Waals surface area contributed by atoms with E-state index in [-0.39, 0.29) is 17.9 Å². The van der Waals surface area contributed by atoms with E-state index in [1.165, 1.54) is 0 Å². The van der Waals surface area contributed by atoms with Gasteiger partial charge in [0.25, 0.3) is 0 Å². The van der Waals surface area contributed by atoms with Crippen LogP contribution in [-0.2, 0) is 11.3 Å². The maximum Gasteiger partial charge on any atom is 0.229 e. The molecule has 0 saturated heterocycles. The number of fused-ring (bicyclic) bond motifs is 1. The van der Waals surface area contributed by atoms with Gasteiger partial charge in [0.05, 0.1) is 12.5 Å². The Kier molecular flexibility index (Phi) is 3.41. The number of para-hydroxylation sites is 1. The van der Waals surface area contributed by atoms with Crippen molar-refractivity contribution in [3.63, 3.8) is 0 Å². The molecule has 1 aliphatic heterocycles. The second kappa shape index (κ2) is 5.36. The molecule has 20 heavy (non-hydrogen) atoms. The molecule has 1 aromatic heterocycles. The van der Waals surface area contributed by atoms with Crippen molar-refractivity contribution in [2.24, 2.45) is 0 Å². The van der Waals surface area contributed by atoms with Gasteiger partial charge in [-0.1, -0.05) is 18.2 Å². The lowest BCUT2D eigenvalue weighted by Crippen LogP contribution is -2.39. The number of anilines is 1. The molecule has 0 saturated carbocycles. The highest BCUT2D eigenvalue weighted by molar-refractivity contribution is 5.88. The fourth-order valence-electron chi connectivity index (χ4n) is 2.60. The second-order valence-corrected chi connectivity index (χ2v) is 5.16. The molecule has 0 fully saturated rings. The molecule has 3 rings (SSSR count). The van der Waals surface area contributed by atoms with Crippen LogP contribution in [0.4, 0.5) is 5.69 Å². The van der Waals surface area contributed by atoms with E-state index >= 15 is 0 Å². The minimum Gasteiger partial charge on any atom is -0.384 e. The van der Waals surface area contributed by atoms with Gasteiger partial charge in [0.1, 0.15) is 0 Å². The zero-order chi connectivity index (χ0) is 13.9. The quantitative estimate of drug-likeness (QED) is 0.887. The third-order valence-electron chi connectivity index (χ3n) is 3.56. The minimum absolute atomic E-state index is 0.0511. The summed E-state index contributed by atoms with van der Waals surface area (Å²) < 4.78 is 1.83. The average molecular weight is 270 g/mol. The summed E-state index contributed by atoms with van der Waals surface area (Å²) in [4.78, 5) is 12.4. The van der Waals surface area contributed by atoms with Crippen molar-refractivity contribution in [3.8, 4) is 0 Å². The molecule has 2 heterocycles. The van der Waals surface area contributed by atoms with E-state index in [0.717, 1.165) is 11.3 Å². The number of benzene rings is 1. The summed E-state index contributed by atoms with van der Waals surface area (Å²) in [6, 6.07) is 9.90. The maximum absolute atomic E-state index is 12.4. The Bertz CT molecular complexity index is 594. The Hall–Kier alpha value is -2.30. The van der Waals surface area contributed by atoms with Gasteiger partial charge in [-0.05, 0) is 24.6 Å². The van der Waals surface area contributed by atoms with E-state index in [1.54, 1.807) is 6.20 Å². The zero-order valence-electron chi connectivity index (χ0n) is 11.4. The van der Waals surface area contributed by atoms with Crippen LogP contribution in [0.25, 0.3) is 0 Å². The highest BCUT2D eigenvalue weighted by atomic mass is 16.2. The van der Waals surface area contributed by atoms with Crippen LogP contribution in [0.5, 0.6) is 0 Å². The predicted molar refractivity (Wildman–Crippen MR) is 77.5 cm³/mol. The molecule has 1 aromatic carbocycles. The molecular weight excluding hydrogens is 252 g/mol. The topological polar surface area (TPSA) is 59.0 Å². The highest BCUT2D eigenvalue weighted by Crippen LogP contribution is 2.30. The Labute approximate surface area is 118 Å². The van der Waals surface area contributed by atoms with E-state index in [1.807, 2.05) is 48.1 Å². The first kappa shape index (κ1) is 12.7. The zero-order valence-corrected chi connectivity index (χ0v) is 11.4. The average Bonchev–Trinajstić information content (AvgIpc) is 3.07. The fraction of sp³-hybridized carbons (Fsp3) is 0.333. The smallest absolute Gasteiger partial charge is 0.229 e. The molecule has 5 heteroatoms. The standard InChI is InChI=1S/C15H18N4O/c1-11(10-19-8-4-7-17-19)18-15(20)13-9-16-14-6-3-2-5-12(13)14/h2-8,11,13,16H,9-10H2,1H3,(H,18,20). The number of carbonyl (C=O) groups is 1. The number of nitrogens with zero attached hydrogens (tertiary/aromatic N) is 2. The highest BCUT2D eigenvalue weighted by Gasteiger charge is 2.28. The normalized spacial score (nSPS) is 18.1. The number of hydrogen-bond acceptors (Lipinski definition) is 3. The molecular formula is C15H18N4O. The molecule has 0 bridgehead atoms. The van der Waals surface area contributed by atoms with Crippen LogP contribution in [0, 0.1) is 0 Å². The number of rotatable bonds is 4. The Morgan fingerprint density at radius 3 is 3.15 bits per heavy atom. The molecule has 2 N–H and O–H groups in total. The SMILES string of the molecule is CC(Cn1cccn1)NC(=O)C1CNc2ccccc21. The van der Waals surface area contributed by atoms with Gasteiger partial charge in [0.15, 0.2) is 0 Å². The van der Waals surface area contributed by atoms with Gasteiger partial charge in [-0.3, -0.25) is 9.48 Å². The van der Waals surface area contributed by atoms with Crippen LogP contribution in [0.2, 0.25) is 0 Å². The van der Waals surface area contributed by atoms with E-state index < -0.39 is 0 Å². The van der Waals surface area contributed by atoms with E-state index in [2.05, 4.69) is 15.7 Å². The molecule has 1 amide bonds.